The van der Waals surface area contributed by atoms with Crippen LogP contribution >= 0.6 is 0 Å². The highest BCUT2D eigenvalue weighted by Gasteiger charge is 2.24. The molecule has 0 aromatic heterocycles. The monoisotopic (exact) mass is 418 g/mol. The fourth-order valence-electron chi connectivity index (χ4n) is 4.31. The second-order valence-corrected chi connectivity index (χ2v) is 9.05. The van der Waals surface area contributed by atoms with Crippen LogP contribution in [0, 0.1) is 11.8 Å². The number of carboxylic acid groups (broad SMARTS) is 2. The first-order chi connectivity index (χ1) is 14.3. The minimum absolute atomic E-state index is 0.00130. The van der Waals surface area contributed by atoms with Crippen molar-refractivity contribution in [3.63, 3.8) is 0 Å². The van der Waals surface area contributed by atoms with Crippen molar-refractivity contribution in [1.82, 2.24) is 0 Å². The normalized spacial score (nSPS) is 13.2. The molecule has 0 fully saturated rings. The molecule has 170 valence electrons. The second kappa shape index (κ2) is 14.2. The highest BCUT2D eigenvalue weighted by molar-refractivity contribution is 6.03. The Morgan fingerprint density at radius 3 is 1.77 bits per heavy atom. The van der Waals surface area contributed by atoms with Crippen molar-refractivity contribution in [3.8, 4) is 0 Å². The van der Waals surface area contributed by atoms with Gasteiger partial charge in [-0.2, -0.15) is 0 Å². The Morgan fingerprint density at radius 1 is 0.767 bits per heavy atom. The van der Waals surface area contributed by atoms with Crippen molar-refractivity contribution in [2.45, 2.75) is 105 Å². The van der Waals surface area contributed by atoms with Crippen LogP contribution in [-0.2, 0) is 12.8 Å². The summed E-state index contributed by atoms with van der Waals surface area (Å²) in [7, 11) is 0. The fourth-order valence-corrected chi connectivity index (χ4v) is 4.31. The number of hydrogen-bond acceptors (Lipinski definition) is 2. The Balaban J connectivity index is 3.06. The first kappa shape index (κ1) is 26.2. The van der Waals surface area contributed by atoms with E-state index in [1.54, 1.807) is 0 Å². The van der Waals surface area contributed by atoms with Crippen molar-refractivity contribution in [2.24, 2.45) is 11.8 Å². The Hall–Kier alpha value is -1.84. The summed E-state index contributed by atoms with van der Waals surface area (Å²) < 4.78 is 0. The van der Waals surface area contributed by atoms with E-state index in [1.165, 1.54) is 51.0 Å². The van der Waals surface area contributed by atoms with Crippen LogP contribution in [0.3, 0.4) is 0 Å². The molecule has 4 nitrogen and oxygen atoms in total. The molecule has 0 aliphatic rings. The van der Waals surface area contributed by atoms with Crippen LogP contribution in [0.15, 0.2) is 12.1 Å². The molecule has 1 aromatic carbocycles. The number of benzene rings is 1. The van der Waals surface area contributed by atoms with Crippen LogP contribution in [0.25, 0.3) is 0 Å². The van der Waals surface area contributed by atoms with Crippen LogP contribution in [0.5, 0.6) is 0 Å². The number of unbranched alkanes of at least 4 members (excludes halogenated alkanes) is 6. The summed E-state index contributed by atoms with van der Waals surface area (Å²) in [6.07, 6.45) is 13.3. The van der Waals surface area contributed by atoms with Gasteiger partial charge in [-0.05, 0) is 41.9 Å². The van der Waals surface area contributed by atoms with Crippen molar-refractivity contribution in [2.75, 3.05) is 0 Å². The standard InChI is InChI=1S/C26H42O4/c1-5-7-9-11-13-19(3)17-21-15-16-22(25(27)28)24(26(29)30)23(21)18-20(4)14-12-10-8-6-2/h15-16,19-20H,5-14,17-18H2,1-4H3,(H,27,28)(H,29,30). The summed E-state index contributed by atoms with van der Waals surface area (Å²) in [5.74, 6) is -1.50. The lowest BCUT2D eigenvalue weighted by Gasteiger charge is -2.21. The highest BCUT2D eigenvalue weighted by Crippen LogP contribution is 2.28. The number of aromatic carboxylic acids is 2. The van der Waals surface area contributed by atoms with Crippen LogP contribution in [0.2, 0.25) is 0 Å². The van der Waals surface area contributed by atoms with Gasteiger partial charge in [-0.1, -0.05) is 98.0 Å². The number of carbonyl (C=O) groups is 2. The van der Waals surface area contributed by atoms with Gasteiger partial charge in [0.05, 0.1) is 11.1 Å². The van der Waals surface area contributed by atoms with Gasteiger partial charge in [-0.25, -0.2) is 9.59 Å². The maximum atomic E-state index is 12.0. The van der Waals surface area contributed by atoms with E-state index in [4.69, 9.17) is 0 Å². The molecule has 0 bridgehead atoms. The summed E-state index contributed by atoms with van der Waals surface area (Å²) in [5, 5.41) is 19.4. The molecule has 0 aliphatic carbocycles. The maximum Gasteiger partial charge on any atom is 0.336 e. The summed E-state index contributed by atoms with van der Waals surface area (Å²) in [4.78, 5) is 23.7. The molecule has 4 heteroatoms. The molecule has 2 atom stereocenters. The minimum Gasteiger partial charge on any atom is -0.478 e. The lowest BCUT2D eigenvalue weighted by Crippen LogP contribution is -2.17. The van der Waals surface area contributed by atoms with Crippen LogP contribution in [-0.4, -0.2) is 22.2 Å². The van der Waals surface area contributed by atoms with Crippen molar-refractivity contribution >= 4 is 11.9 Å². The Bertz CT molecular complexity index is 665. The number of carboxylic acids is 2. The lowest BCUT2D eigenvalue weighted by molar-refractivity contribution is 0.0650. The van der Waals surface area contributed by atoms with Crippen LogP contribution in [0.1, 0.15) is 124 Å². The number of rotatable bonds is 16. The van der Waals surface area contributed by atoms with E-state index in [0.717, 1.165) is 36.8 Å². The van der Waals surface area contributed by atoms with E-state index >= 15 is 0 Å². The summed E-state index contributed by atoms with van der Waals surface area (Å²) in [6, 6.07) is 3.35. The average Bonchev–Trinajstić information content (AvgIpc) is 2.69. The third kappa shape index (κ3) is 8.89. The topological polar surface area (TPSA) is 74.6 Å². The zero-order valence-electron chi connectivity index (χ0n) is 19.5. The zero-order chi connectivity index (χ0) is 22.5. The Morgan fingerprint density at radius 2 is 1.30 bits per heavy atom. The summed E-state index contributed by atoms with van der Waals surface area (Å²) in [5.41, 5.74) is 1.67. The Labute approximate surface area is 183 Å². The quantitative estimate of drug-likeness (QED) is 0.275. The largest absolute Gasteiger partial charge is 0.478 e. The lowest BCUT2D eigenvalue weighted by atomic mass is 9.84. The molecule has 0 saturated heterocycles. The van der Waals surface area contributed by atoms with Gasteiger partial charge in [-0.3, -0.25) is 0 Å². The molecule has 0 aliphatic heterocycles. The molecule has 30 heavy (non-hydrogen) atoms. The van der Waals surface area contributed by atoms with Crippen LogP contribution in [0.4, 0.5) is 0 Å². The SMILES string of the molecule is CCCCCCC(C)Cc1ccc(C(=O)O)c(C(=O)O)c1CC(C)CCCCCC. The van der Waals surface area contributed by atoms with Gasteiger partial charge in [0, 0.05) is 0 Å². The van der Waals surface area contributed by atoms with Crippen molar-refractivity contribution in [1.29, 1.82) is 0 Å². The molecule has 2 unspecified atom stereocenters. The third-order valence-corrected chi connectivity index (χ3v) is 6.08. The van der Waals surface area contributed by atoms with E-state index in [0.29, 0.717) is 18.3 Å². The molecular formula is C26H42O4. The average molecular weight is 419 g/mol. The molecule has 2 N–H and O–H groups in total. The number of hydrogen-bond donors (Lipinski definition) is 2. The van der Waals surface area contributed by atoms with Gasteiger partial charge < -0.3 is 10.2 Å². The predicted octanol–water partition coefficient (Wildman–Crippen LogP) is 7.38. The minimum atomic E-state index is -1.16. The molecule has 1 rings (SSSR count). The van der Waals surface area contributed by atoms with E-state index in [2.05, 4.69) is 27.7 Å². The van der Waals surface area contributed by atoms with Gasteiger partial charge in [0.1, 0.15) is 0 Å². The highest BCUT2D eigenvalue weighted by atomic mass is 16.4. The fraction of sp³-hybridized carbons (Fsp3) is 0.692. The van der Waals surface area contributed by atoms with E-state index < -0.39 is 11.9 Å². The van der Waals surface area contributed by atoms with E-state index in [-0.39, 0.29) is 11.1 Å². The first-order valence-corrected chi connectivity index (χ1v) is 11.9. The van der Waals surface area contributed by atoms with E-state index in [1.807, 2.05) is 6.07 Å². The van der Waals surface area contributed by atoms with Gasteiger partial charge in [0.15, 0.2) is 0 Å². The zero-order valence-corrected chi connectivity index (χ0v) is 19.5. The second-order valence-electron chi connectivity index (χ2n) is 9.05. The molecule has 0 spiro atoms. The van der Waals surface area contributed by atoms with Gasteiger partial charge >= 0.3 is 11.9 Å². The van der Waals surface area contributed by atoms with Crippen molar-refractivity contribution < 1.29 is 19.8 Å². The molecule has 0 saturated carbocycles. The Kier molecular flexibility index (Phi) is 12.4. The molecule has 0 heterocycles. The smallest absolute Gasteiger partial charge is 0.336 e. The maximum absolute atomic E-state index is 12.0. The molecule has 0 amide bonds. The predicted molar refractivity (Wildman–Crippen MR) is 124 cm³/mol. The third-order valence-electron chi connectivity index (χ3n) is 6.08. The summed E-state index contributed by atoms with van der Waals surface area (Å²) in [6.45, 7) is 8.77. The molecule has 1 aromatic rings. The molecule has 0 radical (unpaired) electrons. The van der Waals surface area contributed by atoms with Crippen molar-refractivity contribution in [3.05, 3.63) is 34.4 Å². The van der Waals surface area contributed by atoms with Gasteiger partial charge in [0.2, 0.25) is 0 Å². The van der Waals surface area contributed by atoms with Gasteiger partial charge in [0.25, 0.3) is 0 Å². The van der Waals surface area contributed by atoms with Gasteiger partial charge in [-0.15, -0.1) is 0 Å². The first-order valence-electron chi connectivity index (χ1n) is 11.9. The van der Waals surface area contributed by atoms with E-state index in [9.17, 15) is 19.8 Å². The summed E-state index contributed by atoms with van der Waals surface area (Å²) >= 11 is 0. The molecular weight excluding hydrogens is 376 g/mol. The van der Waals surface area contributed by atoms with Crippen LogP contribution < -0.4 is 0 Å².